The highest BCUT2D eigenvalue weighted by Gasteiger charge is 2.34. The van der Waals surface area contributed by atoms with Gasteiger partial charge in [-0.2, -0.15) is 0 Å². The Morgan fingerprint density at radius 1 is 1.42 bits per heavy atom. The van der Waals surface area contributed by atoms with Crippen LogP contribution in [-0.4, -0.2) is 56.3 Å². The van der Waals surface area contributed by atoms with E-state index in [9.17, 15) is 13.2 Å². The Kier molecular flexibility index (Phi) is 6.22. The summed E-state index contributed by atoms with van der Waals surface area (Å²) in [6.07, 6.45) is 0.468. The zero-order valence-corrected chi connectivity index (χ0v) is 15.9. The maximum Gasteiger partial charge on any atom is 0.375 e. The van der Waals surface area contributed by atoms with E-state index < -0.39 is 15.8 Å². The number of rotatable bonds is 4. The van der Waals surface area contributed by atoms with Crippen LogP contribution >= 0.6 is 15.9 Å². The average Bonchev–Trinajstić information content (AvgIpc) is 2.89. The molecule has 0 aromatic heterocycles. The monoisotopic (exact) mass is 417 g/mol. The molecule has 9 heteroatoms. The molecule has 7 nitrogen and oxygen atoms in total. The third-order valence-electron chi connectivity index (χ3n) is 3.68. The minimum atomic E-state index is -3.06. The second kappa shape index (κ2) is 7.98. The van der Waals surface area contributed by atoms with Crippen LogP contribution in [0.4, 0.5) is 5.69 Å². The maximum absolute atomic E-state index is 12.2. The number of benzene rings is 1. The standard InChI is InChI=1S/C15H20BrN3O4S/c1-3-23-15(20)14(18-17-12-6-4-11(16)5-7-12)19(2)13-8-9-24(21,22)10-13/h4-7,13,17H,3,8-10H2,1-2H3/b18-14-/t13-/m0/s1. The Balaban J connectivity index is 2.18. The van der Waals surface area contributed by atoms with Gasteiger partial charge >= 0.3 is 5.97 Å². The third-order valence-corrected chi connectivity index (χ3v) is 5.96. The van der Waals surface area contributed by atoms with Gasteiger partial charge in [0.1, 0.15) is 0 Å². The van der Waals surface area contributed by atoms with Crippen LogP contribution in [0.25, 0.3) is 0 Å². The van der Waals surface area contributed by atoms with Gasteiger partial charge < -0.3 is 9.64 Å². The highest BCUT2D eigenvalue weighted by molar-refractivity contribution is 9.10. The fourth-order valence-electron chi connectivity index (χ4n) is 2.36. The minimum absolute atomic E-state index is 0.0141. The zero-order chi connectivity index (χ0) is 17.7. The second-order valence-electron chi connectivity index (χ2n) is 5.44. The van der Waals surface area contributed by atoms with Gasteiger partial charge in [0.2, 0.25) is 5.84 Å². The Morgan fingerprint density at radius 2 is 2.08 bits per heavy atom. The van der Waals surface area contributed by atoms with E-state index in [1.54, 1.807) is 31.0 Å². The van der Waals surface area contributed by atoms with Crippen molar-refractivity contribution in [2.24, 2.45) is 5.10 Å². The normalized spacial score (nSPS) is 19.8. The first kappa shape index (κ1) is 18.7. The first-order valence-electron chi connectivity index (χ1n) is 7.52. The van der Waals surface area contributed by atoms with Gasteiger partial charge in [0, 0.05) is 17.6 Å². The van der Waals surface area contributed by atoms with E-state index in [1.165, 1.54) is 0 Å². The van der Waals surface area contributed by atoms with Crippen molar-refractivity contribution in [1.82, 2.24) is 4.90 Å². The number of anilines is 1. The van der Waals surface area contributed by atoms with Crippen molar-refractivity contribution in [3.8, 4) is 0 Å². The van der Waals surface area contributed by atoms with Gasteiger partial charge in [-0.1, -0.05) is 15.9 Å². The van der Waals surface area contributed by atoms with E-state index in [0.29, 0.717) is 12.1 Å². The van der Waals surface area contributed by atoms with Crippen LogP contribution in [0.15, 0.2) is 33.8 Å². The number of nitrogens with zero attached hydrogens (tertiary/aromatic N) is 2. The highest BCUT2D eigenvalue weighted by Crippen LogP contribution is 2.18. The van der Waals surface area contributed by atoms with Gasteiger partial charge in [-0.05, 0) is 37.6 Å². The van der Waals surface area contributed by atoms with Crippen LogP contribution in [-0.2, 0) is 19.4 Å². The van der Waals surface area contributed by atoms with Crippen molar-refractivity contribution < 1.29 is 17.9 Å². The van der Waals surface area contributed by atoms with Crippen LogP contribution in [0.3, 0.4) is 0 Å². The molecule has 1 fully saturated rings. The van der Waals surface area contributed by atoms with Gasteiger partial charge in [0.15, 0.2) is 9.84 Å². The molecule has 1 aromatic rings. The molecule has 0 aliphatic carbocycles. The molecule has 0 bridgehead atoms. The van der Waals surface area contributed by atoms with Crippen LogP contribution in [0.1, 0.15) is 13.3 Å². The lowest BCUT2D eigenvalue weighted by Crippen LogP contribution is -2.43. The van der Waals surface area contributed by atoms with Gasteiger partial charge in [0.25, 0.3) is 0 Å². The Bertz CT molecular complexity index is 719. The number of hydrogen-bond acceptors (Lipinski definition) is 6. The van der Waals surface area contributed by atoms with E-state index >= 15 is 0 Å². The molecule has 1 N–H and O–H groups in total. The summed E-state index contributed by atoms with van der Waals surface area (Å²) in [6.45, 7) is 1.92. The van der Waals surface area contributed by atoms with Crippen LogP contribution < -0.4 is 5.43 Å². The Morgan fingerprint density at radius 3 is 2.62 bits per heavy atom. The highest BCUT2D eigenvalue weighted by atomic mass is 79.9. The number of amidine groups is 1. The topological polar surface area (TPSA) is 88.1 Å². The van der Waals surface area contributed by atoms with Crippen molar-refractivity contribution in [2.75, 3.05) is 30.6 Å². The number of likely N-dealkylation sites (N-methyl/N-ethyl adjacent to an activating group) is 1. The number of nitrogens with one attached hydrogen (secondary N) is 1. The zero-order valence-electron chi connectivity index (χ0n) is 13.5. The molecule has 0 radical (unpaired) electrons. The maximum atomic E-state index is 12.2. The summed E-state index contributed by atoms with van der Waals surface area (Å²) in [5.74, 6) is -0.394. The van der Waals surface area contributed by atoms with Gasteiger partial charge in [-0.25, -0.2) is 13.2 Å². The minimum Gasteiger partial charge on any atom is -0.460 e. The summed E-state index contributed by atoms with van der Waals surface area (Å²) in [4.78, 5) is 13.8. The number of halogens is 1. The summed E-state index contributed by atoms with van der Waals surface area (Å²) in [5, 5.41) is 4.14. The molecule has 1 aliphatic heterocycles. The SMILES string of the molecule is CCOC(=O)/C(=N/Nc1ccc(Br)cc1)N(C)[C@H]1CCS(=O)(=O)C1. The van der Waals surface area contributed by atoms with Crippen molar-refractivity contribution in [1.29, 1.82) is 0 Å². The quantitative estimate of drug-likeness (QED) is 0.348. The molecule has 0 unspecified atom stereocenters. The molecule has 1 aromatic carbocycles. The van der Waals surface area contributed by atoms with E-state index in [1.807, 2.05) is 12.1 Å². The summed E-state index contributed by atoms with van der Waals surface area (Å²) >= 11 is 3.34. The first-order valence-corrected chi connectivity index (χ1v) is 10.1. The lowest BCUT2D eigenvalue weighted by Gasteiger charge is -2.25. The molecular formula is C15H20BrN3O4S. The largest absolute Gasteiger partial charge is 0.460 e. The van der Waals surface area contributed by atoms with Crippen LogP contribution in [0, 0.1) is 0 Å². The lowest BCUT2D eigenvalue weighted by molar-refractivity contribution is -0.135. The molecule has 1 saturated heterocycles. The molecule has 132 valence electrons. The summed E-state index contributed by atoms with van der Waals surface area (Å²) < 4.78 is 29.3. The smallest absolute Gasteiger partial charge is 0.375 e. The third kappa shape index (κ3) is 4.94. The van der Waals surface area contributed by atoms with Gasteiger partial charge in [-0.3, -0.25) is 5.43 Å². The molecule has 0 spiro atoms. The number of carbonyl (C=O) groups excluding carboxylic acids is 1. The molecule has 2 rings (SSSR count). The van der Waals surface area contributed by atoms with Crippen molar-refractivity contribution in [3.05, 3.63) is 28.7 Å². The predicted octanol–water partition coefficient (Wildman–Crippen LogP) is 1.86. The molecule has 0 saturated carbocycles. The molecular weight excluding hydrogens is 398 g/mol. The molecule has 0 amide bonds. The number of carbonyl (C=O) groups is 1. The van der Waals surface area contributed by atoms with Crippen molar-refractivity contribution in [3.63, 3.8) is 0 Å². The number of hydrazone groups is 1. The number of hydrogen-bond donors (Lipinski definition) is 1. The number of ether oxygens (including phenoxy) is 1. The summed E-state index contributed by atoms with van der Waals surface area (Å²) in [5.41, 5.74) is 3.51. The van der Waals surface area contributed by atoms with Gasteiger partial charge in [-0.15, -0.1) is 5.10 Å². The molecule has 24 heavy (non-hydrogen) atoms. The van der Waals surface area contributed by atoms with E-state index in [4.69, 9.17) is 4.74 Å². The fourth-order valence-corrected chi connectivity index (χ4v) is 4.40. The Labute approximate surface area is 150 Å². The van der Waals surface area contributed by atoms with E-state index in [2.05, 4.69) is 26.5 Å². The van der Waals surface area contributed by atoms with E-state index in [-0.39, 0.29) is 30.0 Å². The summed E-state index contributed by atoms with van der Waals surface area (Å²) in [6, 6.07) is 7.00. The van der Waals surface area contributed by atoms with Crippen LogP contribution in [0.2, 0.25) is 0 Å². The second-order valence-corrected chi connectivity index (χ2v) is 8.59. The average molecular weight is 418 g/mol. The van der Waals surface area contributed by atoms with Crippen LogP contribution in [0.5, 0.6) is 0 Å². The Hall–Kier alpha value is -1.61. The number of esters is 1. The fraction of sp³-hybridized carbons (Fsp3) is 0.467. The molecule has 1 heterocycles. The predicted molar refractivity (Wildman–Crippen MR) is 96.7 cm³/mol. The molecule has 1 atom stereocenters. The van der Waals surface area contributed by atoms with E-state index in [0.717, 1.165) is 4.47 Å². The van der Waals surface area contributed by atoms with Crippen molar-refractivity contribution >= 4 is 43.3 Å². The molecule has 1 aliphatic rings. The lowest BCUT2D eigenvalue weighted by atomic mass is 10.2. The number of sulfone groups is 1. The summed E-state index contributed by atoms with van der Waals surface area (Å²) in [7, 11) is -1.40. The van der Waals surface area contributed by atoms with Crippen molar-refractivity contribution in [2.45, 2.75) is 19.4 Å². The van der Waals surface area contributed by atoms with Gasteiger partial charge in [0.05, 0.1) is 23.8 Å². The first-order chi connectivity index (χ1) is 11.3.